The fourth-order valence-electron chi connectivity index (χ4n) is 4.26. The van der Waals surface area contributed by atoms with Crippen molar-refractivity contribution in [1.29, 1.82) is 0 Å². The number of nitrogens with one attached hydrogen (secondary N) is 1. The summed E-state index contributed by atoms with van der Waals surface area (Å²) < 4.78 is 0. The van der Waals surface area contributed by atoms with E-state index in [0.717, 1.165) is 17.9 Å². The molecule has 0 bridgehead atoms. The molecule has 0 aromatic rings. The zero-order valence-corrected chi connectivity index (χ0v) is 13.1. The maximum Gasteiger partial charge on any atom is 0.00954 e. The highest BCUT2D eigenvalue weighted by Crippen LogP contribution is 2.32. The molecule has 0 aliphatic heterocycles. The molecular formula is C18H35N. The molecule has 112 valence electrons. The minimum Gasteiger partial charge on any atom is -0.314 e. The van der Waals surface area contributed by atoms with Gasteiger partial charge in [0.05, 0.1) is 0 Å². The molecule has 1 heteroatoms. The van der Waals surface area contributed by atoms with Crippen LogP contribution in [0.5, 0.6) is 0 Å². The molecule has 2 aliphatic rings. The minimum atomic E-state index is 0.832. The zero-order chi connectivity index (χ0) is 13.3. The second kappa shape index (κ2) is 9.00. The van der Waals surface area contributed by atoms with Crippen LogP contribution in [0.2, 0.25) is 0 Å². The molecule has 1 atom stereocenters. The Balaban J connectivity index is 1.78. The molecule has 1 N–H and O–H groups in total. The molecule has 0 saturated heterocycles. The molecule has 2 rings (SSSR count). The highest BCUT2D eigenvalue weighted by atomic mass is 14.9. The second-order valence-electron chi connectivity index (χ2n) is 7.04. The van der Waals surface area contributed by atoms with Crippen LogP contribution in [0.4, 0.5) is 0 Å². The van der Waals surface area contributed by atoms with Crippen molar-refractivity contribution in [3.8, 4) is 0 Å². The Morgan fingerprint density at radius 1 is 0.895 bits per heavy atom. The monoisotopic (exact) mass is 265 g/mol. The van der Waals surface area contributed by atoms with Crippen molar-refractivity contribution in [2.24, 2.45) is 11.8 Å². The average Bonchev–Trinajstić information content (AvgIpc) is 2.80. The Hall–Kier alpha value is -0.0400. The number of hydrogen-bond acceptors (Lipinski definition) is 1. The van der Waals surface area contributed by atoms with Crippen molar-refractivity contribution < 1.29 is 0 Å². The Bertz CT molecular complexity index is 212. The standard InChI is InChI=1S/C18H35N/c1-2-15-19-18(14-13-16-9-7-8-10-16)17-11-5-3-4-6-12-17/h16-19H,2-15H2,1H3. The summed E-state index contributed by atoms with van der Waals surface area (Å²) in [6, 6.07) is 0.832. The van der Waals surface area contributed by atoms with Crippen LogP contribution in [0.25, 0.3) is 0 Å². The van der Waals surface area contributed by atoms with Crippen molar-refractivity contribution in [3.05, 3.63) is 0 Å². The van der Waals surface area contributed by atoms with E-state index in [1.807, 2.05) is 0 Å². The lowest BCUT2D eigenvalue weighted by Crippen LogP contribution is -2.37. The van der Waals surface area contributed by atoms with E-state index >= 15 is 0 Å². The Labute approximate surface area is 120 Å². The van der Waals surface area contributed by atoms with Crippen molar-refractivity contribution >= 4 is 0 Å². The average molecular weight is 265 g/mol. The van der Waals surface area contributed by atoms with Gasteiger partial charge in [0.2, 0.25) is 0 Å². The van der Waals surface area contributed by atoms with E-state index in [4.69, 9.17) is 0 Å². The summed E-state index contributed by atoms with van der Waals surface area (Å²) in [6.45, 7) is 3.53. The zero-order valence-electron chi connectivity index (χ0n) is 13.1. The van der Waals surface area contributed by atoms with Gasteiger partial charge in [-0.25, -0.2) is 0 Å². The second-order valence-corrected chi connectivity index (χ2v) is 7.04. The molecule has 1 unspecified atom stereocenters. The third-order valence-electron chi connectivity index (χ3n) is 5.49. The quantitative estimate of drug-likeness (QED) is 0.616. The molecule has 0 radical (unpaired) electrons. The Morgan fingerprint density at radius 3 is 2.16 bits per heavy atom. The van der Waals surface area contributed by atoms with Crippen molar-refractivity contribution in [3.63, 3.8) is 0 Å². The number of rotatable bonds is 7. The van der Waals surface area contributed by atoms with Crippen LogP contribution in [0.15, 0.2) is 0 Å². The highest BCUT2D eigenvalue weighted by Gasteiger charge is 2.24. The van der Waals surface area contributed by atoms with Gasteiger partial charge in [0, 0.05) is 6.04 Å². The van der Waals surface area contributed by atoms with Crippen LogP contribution in [0, 0.1) is 11.8 Å². The van der Waals surface area contributed by atoms with Gasteiger partial charge in [-0.15, -0.1) is 0 Å². The molecule has 19 heavy (non-hydrogen) atoms. The highest BCUT2D eigenvalue weighted by molar-refractivity contribution is 4.80. The smallest absolute Gasteiger partial charge is 0.00954 e. The first kappa shape index (κ1) is 15.4. The van der Waals surface area contributed by atoms with Gasteiger partial charge in [0.25, 0.3) is 0 Å². The van der Waals surface area contributed by atoms with Gasteiger partial charge in [-0.05, 0) is 50.5 Å². The van der Waals surface area contributed by atoms with Gasteiger partial charge in [0.1, 0.15) is 0 Å². The van der Waals surface area contributed by atoms with Gasteiger partial charge < -0.3 is 5.32 Å². The minimum absolute atomic E-state index is 0.832. The van der Waals surface area contributed by atoms with Crippen LogP contribution in [-0.2, 0) is 0 Å². The van der Waals surface area contributed by atoms with Crippen molar-refractivity contribution in [2.75, 3.05) is 6.54 Å². The first-order chi connectivity index (χ1) is 9.40. The van der Waals surface area contributed by atoms with Crippen LogP contribution in [-0.4, -0.2) is 12.6 Å². The van der Waals surface area contributed by atoms with Gasteiger partial charge in [0.15, 0.2) is 0 Å². The molecule has 0 amide bonds. The summed E-state index contributed by atoms with van der Waals surface area (Å²) in [7, 11) is 0. The first-order valence-electron chi connectivity index (χ1n) is 9.13. The van der Waals surface area contributed by atoms with Crippen LogP contribution in [0.1, 0.15) is 90.4 Å². The first-order valence-corrected chi connectivity index (χ1v) is 9.13. The SMILES string of the molecule is CCCNC(CCC1CCCC1)C1CCCCCC1. The largest absolute Gasteiger partial charge is 0.314 e. The van der Waals surface area contributed by atoms with Crippen molar-refractivity contribution in [1.82, 2.24) is 5.32 Å². The predicted octanol–water partition coefficient (Wildman–Crippen LogP) is 5.30. The van der Waals surface area contributed by atoms with E-state index < -0.39 is 0 Å². The van der Waals surface area contributed by atoms with Gasteiger partial charge >= 0.3 is 0 Å². The molecule has 0 aromatic heterocycles. The summed E-state index contributed by atoms with van der Waals surface area (Å²) in [5, 5.41) is 3.89. The van der Waals surface area contributed by atoms with Crippen LogP contribution >= 0.6 is 0 Å². The lowest BCUT2D eigenvalue weighted by molar-refractivity contribution is 0.284. The summed E-state index contributed by atoms with van der Waals surface area (Å²) in [5.74, 6) is 2.05. The molecule has 0 heterocycles. The van der Waals surface area contributed by atoms with E-state index in [0.29, 0.717) is 0 Å². The van der Waals surface area contributed by atoms with Crippen LogP contribution < -0.4 is 5.32 Å². The van der Waals surface area contributed by atoms with E-state index in [1.54, 1.807) is 0 Å². The third kappa shape index (κ3) is 5.45. The summed E-state index contributed by atoms with van der Waals surface area (Å²) >= 11 is 0. The topological polar surface area (TPSA) is 12.0 Å². The van der Waals surface area contributed by atoms with Crippen LogP contribution in [0.3, 0.4) is 0 Å². The van der Waals surface area contributed by atoms with E-state index in [1.165, 1.54) is 90.0 Å². The fraction of sp³-hybridized carbons (Fsp3) is 1.00. The van der Waals surface area contributed by atoms with Gasteiger partial charge in [-0.2, -0.15) is 0 Å². The molecule has 2 saturated carbocycles. The molecule has 0 aromatic carbocycles. The third-order valence-corrected chi connectivity index (χ3v) is 5.49. The lowest BCUT2D eigenvalue weighted by Gasteiger charge is -2.28. The molecule has 1 nitrogen and oxygen atoms in total. The summed E-state index contributed by atoms with van der Waals surface area (Å²) in [4.78, 5) is 0. The fourth-order valence-corrected chi connectivity index (χ4v) is 4.26. The molecule has 0 spiro atoms. The maximum absolute atomic E-state index is 3.89. The lowest BCUT2D eigenvalue weighted by atomic mass is 9.86. The van der Waals surface area contributed by atoms with Gasteiger partial charge in [-0.1, -0.05) is 58.3 Å². The molecule has 2 aliphatic carbocycles. The number of hydrogen-bond donors (Lipinski definition) is 1. The normalized spacial score (nSPS) is 24.5. The van der Waals surface area contributed by atoms with Crippen molar-refractivity contribution in [2.45, 2.75) is 96.4 Å². The van der Waals surface area contributed by atoms with E-state index in [-0.39, 0.29) is 0 Å². The summed E-state index contributed by atoms with van der Waals surface area (Å²) in [5.41, 5.74) is 0. The van der Waals surface area contributed by atoms with Gasteiger partial charge in [-0.3, -0.25) is 0 Å². The molecular weight excluding hydrogens is 230 g/mol. The summed E-state index contributed by atoms with van der Waals surface area (Å²) in [6.07, 6.45) is 19.2. The Morgan fingerprint density at radius 2 is 1.53 bits per heavy atom. The predicted molar refractivity (Wildman–Crippen MR) is 84.5 cm³/mol. The van der Waals surface area contributed by atoms with E-state index in [2.05, 4.69) is 12.2 Å². The Kier molecular flexibility index (Phi) is 7.27. The molecule has 2 fully saturated rings. The van der Waals surface area contributed by atoms with E-state index in [9.17, 15) is 0 Å². The maximum atomic E-state index is 3.89.